The Morgan fingerprint density at radius 1 is 1.28 bits per heavy atom. The lowest BCUT2D eigenvalue weighted by molar-refractivity contribution is 0.218. The second-order valence-corrected chi connectivity index (χ2v) is 5.58. The molecule has 100 valence electrons. The summed E-state index contributed by atoms with van der Waals surface area (Å²) in [4.78, 5) is 2.11. The lowest BCUT2D eigenvalue weighted by Gasteiger charge is -2.30. The second-order valence-electron chi connectivity index (χ2n) is 5.58. The first-order chi connectivity index (χ1) is 8.48. The van der Waals surface area contributed by atoms with Gasteiger partial charge in [0, 0.05) is 24.2 Å². The van der Waals surface area contributed by atoms with Crippen LogP contribution >= 0.6 is 0 Å². The van der Waals surface area contributed by atoms with Gasteiger partial charge in [-0.1, -0.05) is 6.07 Å². The Bertz CT molecular complexity index is 398. The van der Waals surface area contributed by atoms with Gasteiger partial charge >= 0.3 is 0 Å². The molecule has 0 aromatic heterocycles. The third-order valence-electron chi connectivity index (χ3n) is 3.32. The SMILES string of the molecule is CC1(C)CN(Cc2c(F)cccc2F)CCCN1. The molecule has 0 radical (unpaired) electrons. The van der Waals surface area contributed by atoms with Gasteiger partial charge in [-0.25, -0.2) is 8.78 Å². The summed E-state index contributed by atoms with van der Waals surface area (Å²) in [5.74, 6) is -0.907. The highest BCUT2D eigenvalue weighted by molar-refractivity contribution is 5.19. The van der Waals surface area contributed by atoms with Gasteiger partial charge in [0.05, 0.1) is 0 Å². The van der Waals surface area contributed by atoms with E-state index in [0.717, 1.165) is 26.1 Å². The van der Waals surface area contributed by atoms with Gasteiger partial charge in [-0.05, 0) is 45.5 Å². The molecule has 0 aliphatic carbocycles. The molecule has 0 atom stereocenters. The van der Waals surface area contributed by atoms with Crippen LogP contribution in [0.2, 0.25) is 0 Å². The zero-order valence-electron chi connectivity index (χ0n) is 11.0. The van der Waals surface area contributed by atoms with Gasteiger partial charge in [-0.15, -0.1) is 0 Å². The van der Waals surface area contributed by atoms with Crippen LogP contribution in [0.15, 0.2) is 18.2 Å². The Labute approximate surface area is 107 Å². The van der Waals surface area contributed by atoms with Crippen molar-refractivity contribution in [1.29, 1.82) is 0 Å². The molecule has 4 heteroatoms. The predicted molar refractivity (Wildman–Crippen MR) is 68.3 cm³/mol. The molecule has 0 spiro atoms. The lowest BCUT2D eigenvalue weighted by atomic mass is 10.1. The molecule has 1 aromatic carbocycles. The van der Waals surface area contributed by atoms with E-state index in [4.69, 9.17) is 0 Å². The third kappa shape index (κ3) is 3.27. The van der Waals surface area contributed by atoms with Crippen LogP contribution in [0.1, 0.15) is 25.8 Å². The Morgan fingerprint density at radius 3 is 2.61 bits per heavy atom. The molecular weight excluding hydrogens is 234 g/mol. The van der Waals surface area contributed by atoms with Gasteiger partial charge in [0.15, 0.2) is 0 Å². The molecule has 0 amide bonds. The molecule has 0 unspecified atom stereocenters. The smallest absolute Gasteiger partial charge is 0.130 e. The van der Waals surface area contributed by atoms with Gasteiger partial charge in [-0.2, -0.15) is 0 Å². The Balaban J connectivity index is 2.13. The molecule has 1 N–H and O–H groups in total. The summed E-state index contributed by atoms with van der Waals surface area (Å²) >= 11 is 0. The van der Waals surface area contributed by atoms with E-state index in [0.29, 0.717) is 6.54 Å². The molecule has 1 saturated heterocycles. The summed E-state index contributed by atoms with van der Waals surface area (Å²) < 4.78 is 27.2. The summed E-state index contributed by atoms with van der Waals surface area (Å²) in [6, 6.07) is 4.04. The van der Waals surface area contributed by atoms with Gasteiger partial charge in [-0.3, -0.25) is 4.90 Å². The molecular formula is C14H20F2N2. The van der Waals surface area contributed by atoms with Crippen LogP contribution in [-0.2, 0) is 6.54 Å². The van der Waals surface area contributed by atoms with E-state index in [1.54, 1.807) is 0 Å². The van der Waals surface area contributed by atoms with Crippen molar-refractivity contribution in [2.24, 2.45) is 0 Å². The highest BCUT2D eigenvalue weighted by Gasteiger charge is 2.25. The number of hydrogen-bond acceptors (Lipinski definition) is 2. The maximum absolute atomic E-state index is 13.6. The first-order valence-corrected chi connectivity index (χ1v) is 6.38. The van der Waals surface area contributed by atoms with Crippen molar-refractivity contribution in [2.45, 2.75) is 32.4 Å². The van der Waals surface area contributed by atoms with Crippen LogP contribution < -0.4 is 5.32 Å². The van der Waals surface area contributed by atoms with Crippen molar-refractivity contribution < 1.29 is 8.78 Å². The first kappa shape index (κ1) is 13.4. The predicted octanol–water partition coefficient (Wildman–Crippen LogP) is 2.54. The number of halogens is 2. The van der Waals surface area contributed by atoms with E-state index < -0.39 is 11.6 Å². The molecule has 1 fully saturated rings. The molecule has 1 aliphatic heterocycles. The standard InChI is InChI=1S/C14H20F2N2/c1-14(2)10-18(8-4-7-17-14)9-11-12(15)5-3-6-13(11)16/h3,5-6,17H,4,7-10H2,1-2H3. The molecule has 2 rings (SSSR count). The monoisotopic (exact) mass is 254 g/mol. The van der Waals surface area contributed by atoms with Crippen LogP contribution in [0.3, 0.4) is 0 Å². The van der Waals surface area contributed by atoms with Crippen molar-refractivity contribution >= 4 is 0 Å². The van der Waals surface area contributed by atoms with E-state index in [1.807, 2.05) is 0 Å². The molecule has 0 bridgehead atoms. The van der Waals surface area contributed by atoms with Gasteiger partial charge in [0.25, 0.3) is 0 Å². The highest BCUT2D eigenvalue weighted by Crippen LogP contribution is 2.18. The van der Waals surface area contributed by atoms with Crippen molar-refractivity contribution in [2.75, 3.05) is 19.6 Å². The molecule has 1 aliphatic rings. The van der Waals surface area contributed by atoms with E-state index in [-0.39, 0.29) is 11.1 Å². The lowest BCUT2D eigenvalue weighted by Crippen LogP contribution is -2.46. The molecule has 1 heterocycles. The van der Waals surface area contributed by atoms with E-state index in [1.165, 1.54) is 18.2 Å². The van der Waals surface area contributed by atoms with Crippen molar-refractivity contribution in [3.05, 3.63) is 35.4 Å². The second kappa shape index (κ2) is 5.33. The zero-order valence-corrected chi connectivity index (χ0v) is 11.0. The van der Waals surface area contributed by atoms with Crippen LogP contribution in [0.5, 0.6) is 0 Å². The first-order valence-electron chi connectivity index (χ1n) is 6.38. The number of rotatable bonds is 2. The average Bonchev–Trinajstić information content (AvgIpc) is 2.45. The summed E-state index contributed by atoms with van der Waals surface area (Å²) in [6.45, 7) is 7.17. The minimum absolute atomic E-state index is 0.0156. The molecule has 0 saturated carbocycles. The maximum Gasteiger partial charge on any atom is 0.130 e. The van der Waals surface area contributed by atoms with Gasteiger partial charge < -0.3 is 5.32 Å². The number of nitrogens with zero attached hydrogens (tertiary/aromatic N) is 1. The fourth-order valence-electron chi connectivity index (χ4n) is 2.47. The molecule has 18 heavy (non-hydrogen) atoms. The van der Waals surface area contributed by atoms with Crippen LogP contribution in [0, 0.1) is 11.6 Å². The number of nitrogens with one attached hydrogen (secondary N) is 1. The van der Waals surface area contributed by atoms with E-state index >= 15 is 0 Å². The zero-order chi connectivity index (χ0) is 13.2. The molecule has 2 nitrogen and oxygen atoms in total. The minimum atomic E-state index is -0.454. The van der Waals surface area contributed by atoms with E-state index in [2.05, 4.69) is 24.1 Å². The molecule has 1 aromatic rings. The summed E-state index contributed by atoms with van der Waals surface area (Å²) in [7, 11) is 0. The summed E-state index contributed by atoms with van der Waals surface area (Å²) in [6.07, 6.45) is 1.000. The third-order valence-corrected chi connectivity index (χ3v) is 3.32. The quantitative estimate of drug-likeness (QED) is 0.872. The normalized spacial score (nSPS) is 20.7. The van der Waals surface area contributed by atoms with Gasteiger partial charge in [0.1, 0.15) is 11.6 Å². The summed E-state index contributed by atoms with van der Waals surface area (Å²) in [5, 5.41) is 3.44. The van der Waals surface area contributed by atoms with Crippen molar-refractivity contribution in [3.63, 3.8) is 0 Å². The Hall–Kier alpha value is -1.00. The number of hydrogen-bond donors (Lipinski definition) is 1. The van der Waals surface area contributed by atoms with Gasteiger partial charge in [0.2, 0.25) is 0 Å². The topological polar surface area (TPSA) is 15.3 Å². The van der Waals surface area contributed by atoms with Crippen LogP contribution in [0.25, 0.3) is 0 Å². The highest BCUT2D eigenvalue weighted by atomic mass is 19.1. The number of benzene rings is 1. The maximum atomic E-state index is 13.6. The van der Waals surface area contributed by atoms with Crippen molar-refractivity contribution in [3.8, 4) is 0 Å². The van der Waals surface area contributed by atoms with Crippen LogP contribution in [0.4, 0.5) is 8.78 Å². The minimum Gasteiger partial charge on any atom is -0.310 e. The van der Waals surface area contributed by atoms with Crippen molar-refractivity contribution in [1.82, 2.24) is 10.2 Å². The van der Waals surface area contributed by atoms with Crippen LogP contribution in [-0.4, -0.2) is 30.1 Å². The Kier molecular flexibility index (Phi) is 3.97. The fraction of sp³-hybridized carbons (Fsp3) is 0.571. The summed E-state index contributed by atoms with van der Waals surface area (Å²) in [5.41, 5.74) is 0.160. The van der Waals surface area contributed by atoms with E-state index in [9.17, 15) is 8.78 Å². The fourth-order valence-corrected chi connectivity index (χ4v) is 2.47. The average molecular weight is 254 g/mol. The Morgan fingerprint density at radius 2 is 1.94 bits per heavy atom. The largest absolute Gasteiger partial charge is 0.310 e.